The average molecular weight is 398 g/mol. The number of nitrogens with one attached hydrogen (secondary N) is 1. The van der Waals surface area contributed by atoms with Gasteiger partial charge < -0.3 is 15.8 Å². The Hall–Kier alpha value is -0.370. The normalized spacial score (nSPS) is 21.0. The Morgan fingerprint density at radius 3 is 2.62 bits per heavy atom. The van der Waals surface area contributed by atoms with Gasteiger partial charge in [0.2, 0.25) is 5.91 Å². The number of amides is 1. The van der Waals surface area contributed by atoms with E-state index >= 15 is 0 Å². The van der Waals surface area contributed by atoms with Gasteiger partial charge in [0.1, 0.15) is 6.10 Å². The van der Waals surface area contributed by atoms with Crippen molar-refractivity contribution in [2.75, 3.05) is 26.2 Å². The lowest BCUT2D eigenvalue weighted by atomic mass is 10.1. The molecule has 2 heterocycles. The summed E-state index contributed by atoms with van der Waals surface area (Å²) in [7, 11) is 0. The first-order valence-electron chi connectivity index (χ1n) is 8.08. The van der Waals surface area contributed by atoms with E-state index in [1.165, 1.54) is 5.56 Å². The van der Waals surface area contributed by atoms with Crippen molar-refractivity contribution >= 4 is 42.1 Å². The van der Waals surface area contributed by atoms with Crippen molar-refractivity contribution in [2.24, 2.45) is 5.73 Å². The number of ether oxygens (including phenoxy) is 1. The van der Waals surface area contributed by atoms with Crippen molar-refractivity contribution in [3.8, 4) is 0 Å². The van der Waals surface area contributed by atoms with Crippen LogP contribution in [0.25, 0.3) is 0 Å². The van der Waals surface area contributed by atoms with Gasteiger partial charge >= 0.3 is 0 Å². The third-order valence-corrected chi connectivity index (χ3v) is 5.02. The van der Waals surface area contributed by atoms with E-state index in [2.05, 4.69) is 40.9 Å². The van der Waals surface area contributed by atoms with Crippen LogP contribution in [-0.4, -0.2) is 49.2 Å². The molecule has 1 fully saturated rings. The Morgan fingerprint density at radius 2 is 2.12 bits per heavy atom. The molecule has 1 saturated heterocycles. The van der Waals surface area contributed by atoms with Crippen molar-refractivity contribution in [3.05, 3.63) is 22.4 Å². The number of hydrogen-bond donors (Lipinski definition) is 2. The number of rotatable bonds is 8. The van der Waals surface area contributed by atoms with Gasteiger partial charge in [0.25, 0.3) is 0 Å². The summed E-state index contributed by atoms with van der Waals surface area (Å²) in [6.45, 7) is 7.32. The van der Waals surface area contributed by atoms with Gasteiger partial charge in [-0.3, -0.25) is 9.69 Å². The largest absolute Gasteiger partial charge is 0.364 e. The fraction of sp³-hybridized carbons (Fsp3) is 0.688. The van der Waals surface area contributed by atoms with E-state index in [0.717, 1.165) is 25.9 Å². The molecule has 140 valence electrons. The molecule has 0 aliphatic carbocycles. The van der Waals surface area contributed by atoms with Crippen LogP contribution < -0.4 is 11.1 Å². The van der Waals surface area contributed by atoms with Crippen molar-refractivity contribution in [2.45, 2.75) is 44.9 Å². The summed E-state index contributed by atoms with van der Waals surface area (Å²) in [4.78, 5) is 14.6. The highest BCUT2D eigenvalue weighted by Crippen LogP contribution is 2.23. The van der Waals surface area contributed by atoms with E-state index in [9.17, 15) is 4.79 Å². The topological polar surface area (TPSA) is 67.6 Å². The summed E-state index contributed by atoms with van der Waals surface area (Å²) in [5.41, 5.74) is 6.86. The van der Waals surface area contributed by atoms with E-state index in [0.29, 0.717) is 13.1 Å². The van der Waals surface area contributed by atoms with Crippen LogP contribution in [0.3, 0.4) is 0 Å². The zero-order chi connectivity index (χ0) is 15.9. The van der Waals surface area contributed by atoms with Crippen molar-refractivity contribution in [1.29, 1.82) is 0 Å². The highest BCUT2D eigenvalue weighted by molar-refractivity contribution is 7.07. The number of likely N-dealkylation sites (N-methyl/N-ethyl adjacent to an activating group) is 1. The number of carbonyl (C=O) groups excluding carboxylic acids is 1. The number of thiophene rings is 1. The zero-order valence-corrected chi connectivity index (χ0v) is 16.7. The van der Waals surface area contributed by atoms with Crippen molar-refractivity contribution < 1.29 is 9.53 Å². The SMILES string of the molecule is CCN(CC)C(CNC(=O)[C@@H]1CC[C@H](CN)O1)c1ccsc1.Cl.Cl. The first-order valence-corrected chi connectivity index (χ1v) is 9.03. The third kappa shape index (κ3) is 6.17. The number of hydrogen-bond acceptors (Lipinski definition) is 5. The lowest BCUT2D eigenvalue weighted by Gasteiger charge is -2.29. The Kier molecular flexibility index (Phi) is 11.9. The quantitative estimate of drug-likeness (QED) is 0.707. The minimum absolute atomic E-state index is 0. The first kappa shape index (κ1) is 23.6. The lowest BCUT2D eigenvalue weighted by Crippen LogP contribution is -2.42. The van der Waals surface area contributed by atoms with E-state index < -0.39 is 0 Å². The summed E-state index contributed by atoms with van der Waals surface area (Å²) >= 11 is 1.69. The molecular formula is C16H29Cl2N3O2S. The van der Waals surface area contributed by atoms with Crippen molar-refractivity contribution in [1.82, 2.24) is 10.2 Å². The van der Waals surface area contributed by atoms with Crippen LogP contribution in [0.1, 0.15) is 38.3 Å². The van der Waals surface area contributed by atoms with Crippen LogP contribution in [0, 0.1) is 0 Å². The minimum atomic E-state index is -0.339. The molecule has 0 aromatic carbocycles. The highest BCUT2D eigenvalue weighted by Gasteiger charge is 2.30. The van der Waals surface area contributed by atoms with E-state index in [1.807, 2.05) is 0 Å². The molecule has 3 N–H and O–H groups in total. The summed E-state index contributed by atoms with van der Waals surface area (Å²) in [6, 6.07) is 2.35. The fourth-order valence-electron chi connectivity index (χ4n) is 2.97. The molecule has 1 amide bonds. The van der Waals surface area contributed by atoms with Crippen molar-refractivity contribution in [3.63, 3.8) is 0 Å². The second-order valence-electron chi connectivity index (χ2n) is 5.60. The van der Waals surface area contributed by atoms with Gasteiger partial charge in [-0.15, -0.1) is 24.8 Å². The van der Waals surface area contributed by atoms with Gasteiger partial charge in [-0.1, -0.05) is 13.8 Å². The van der Waals surface area contributed by atoms with Gasteiger partial charge in [0.15, 0.2) is 0 Å². The maximum absolute atomic E-state index is 12.3. The molecule has 1 aliphatic heterocycles. The number of halogens is 2. The Bertz CT molecular complexity index is 458. The van der Waals surface area contributed by atoms with E-state index in [1.54, 1.807) is 11.3 Å². The third-order valence-electron chi connectivity index (χ3n) is 4.31. The molecule has 1 aliphatic rings. The van der Waals surface area contributed by atoms with Crippen LogP contribution >= 0.6 is 36.2 Å². The maximum atomic E-state index is 12.3. The van der Waals surface area contributed by atoms with Gasteiger partial charge in [-0.25, -0.2) is 0 Å². The molecule has 1 aromatic rings. The molecule has 0 bridgehead atoms. The molecule has 3 atom stereocenters. The predicted octanol–water partition coefficient (Wildman–Crippen LogP) is 2.60. The Labute approximate surface area is 161 Å². The summed E-state index contributed by atoms with van der Waals surface area (Å²) in [5.74, 6) is -0.0108. The predicted molar refractivity (Wildman–Crippen MR) is 104 cm³/mol. The molecule has 1 unspecified atom stereocenters. The molecule has 1 aromatic heterocycles. The molecular weight excluding hydrogens is 369 g/mol. The number of nitrogens with two attached hydrogens (primary N) is 1. The second kappa shape index (κ2) is 12.1. The van der Waals surface area contributed by atoms with Gasteiger partial charge in [-0.05, 0) is 48.3 Å². The maximum Gasteiger partial charge on any atom is 0.249 e. The summed E-state index contributed by atoms with van der Waals surface area (Å²) in [6.07, 6.45) is 1.33. The molecule has 24 heavy (non-hydrogen) atoms. The molecule has 2 rings (SSSR count). The summed E-state index contributed by atoms with van der Waals surface area (Å²) < 4.78 is 5.66. The first-order chi connectivity index (χ1) is 10.7. The zero-order valence-electron chi connectivity index (χ0n) is 14.3. The molecule has 0 saturated carbocycles. The standard InChI is InChI=1S/C16H27N3O2S.2ClH/c1-3-19(4-2)14(12-7-8-22-11-12)10-18-16(20)15-6-5-13(9-17)21-15;;/h7-8,11,13-15H,3-6,9-10,17H2,1-2H3,(H,18,20);2*1H/t13-,14?,15+;;/m1../s1. The lowest BCUT2D eigenvalue weighted by molar-refractivity contribution is -0.132. The highest BCUT2D eigenvalue weighted by atomic mass is 35.5. The molecule has 0 radical (unpaired) electrons. The molecule has 5 nitrogen and oxygen atoms in total. The van der Waals surface area contributed by atoms with E-state index in [-0.39, 0.29) is 49.0 Å². The van der Waals surface area contributed by atoms with Gasteiger partial charge in [-0.2, -0.15) is 11.3 Å². The minimum Gasteiger partial charge on any atom is -0.364 e. The second-order valence-corrected chi connectivity index (χ2v) is 6.38. The number of nitrogens with zero attached hydrogens (tertiary/aromatic N) is 1. The summed E-state index contributed by atoms with van der Waals surface area (Å²) in [5, 5.41) is 7.31. The Balaban J connectivity index is 0.00000264. The average Bonchev–Trinajstić information content (AvgIpc) is 3.22. The fourth-order valence-corrected chi connectivity index (χ4v) is 3.68. The smallest absolute Gasteiger partial charge is 0.249 e. The van der Waals surface area contributed by atoms with Gasteiger partial charge in [0.05, 0.1) is 12.1 Å². The Morgan fingerprint density at radius 1 is 1.42 bits per heavy atom. The van der Waals surface area contributed by atoms with E-state index in [4.69, 9.17) is 10.5 Å². The van der Waals surface area contributed by atoms with Gasteiger partial charge in [0, 0.05) is 13.1 Å². The van der Waals surface area contributed by atoms with Crippen LogP contribution in [0.15, 0.2) is 16.8 Å². The van der Waals surface area contributed by atoms with Crippen LogP contribution in [0.4, 0.5) is 0 Å². The molecule has 8 heteroatoms. The monoisotopic (exact) mass is 397 g/mol. The molecule has 0 spiro atoms. The van der Waals surface area contributed by atoms with Crippen LogP contribution in [0.2, 0.25) is 0 Å². The number of carbonyl (C=O) groups is 1. The van der Waals surface area contributed by atoms with Crippen LogP contribution in [-0.2, 0) is 9.53 Å². The van der Waals surface area contributed by atoms with Crippen LogP contribution in [0.5, 0.6) is 0 Å².